The Morgan fingerprint density at radius 3 is 3.00 bits per heavy atom. The Morgan fingerprint density at radius 1 is 1.16 bits per heavy atom. The van der Waals surface area contributed by atoms with Crippen molar-refractivity contribution in [1.82, 2.24) is 5.32 Å². The SMILES string of the molecule is c1ccc2c(c1)OC[C@@H](CNC1=[NH+]CCCCC1)O2. The predicted molar refractivity (Wildman–Crippen MR) is 73.7 cm³/mol. The fourth-order valence-electron chi connectivity index (χ4n) is 2.48. The molecule has 0 aromatic heterocycles. The van der Waals surface area contributed by atoms with Crippen molar-refractivity contribution in [1.29, 1.82) is 0 Å². The van der Waals surface area contributed by atoms with E-state index in [0.717, 1.165) is 31.0 Å². The van der Waals surface area contributed by atoms with E-state index in [1.807, 2.05) is 24.3 Å². The van der Waals surface area contributed by atoms with E-state index in [1.165, 1.54) is 25.1 Å². The summed E-state index contributed by atoms with van der Waals surface area (Å²) in [6, 6.07) is 7.84. The first kappa shape index (κ1) is 12.3. The summed E-state index contributed by atoms with van der Waals surface area (Å²) in [6.45, 7) is 2.47. The van der Waals surface area contributed by atoms with E-state index in [0.29, 0.717) is 6.61 Å². The van der Waals surface area contributed by atoms with Crippen molar-refractivity contribution in [2.24, 2.45) is 0 Å². The summed E-state index contributed by atoms with van der Waals surface area (Å²) in [5, 5.41) is 3.46. The van der Waals surface area contributed by atoms with E-state index in [-0.39, 0.29) is 6.10 Å². The first-order valence-corrected chi connectivity index (χ1v) is 7.14. The molecular weight excluding hydrogens is 240 g/mol. The molecular formula is C15H21N2O2+. The maximum absolute atomic E-state index is 5.93. The predicted octanol–water partition coefficient (Wildman–Crippen LogP) is 0.469. The number of para-hydroxylation sites is 2. The van der Waals surface area contributed by atoms with Crippen LogP contribution < -0.4 is 19.8 Å². The Bertz CT molecular complexity index is 459. The second-order valence-electron chi connectivity index (χ2n) is 5.09. The first-order valence-electron chi connectivity index (χ1n) is 7.14. The topological polar surface area (TPSA) is 44.5 Å². The van der Waals surface area contributed by atoms with E-state index in [9.17, 15) is 0 Å². The average molecular weight is 261 g/mol. The highest BCUT2D eigenvalue weighted by Crippen LogP contribution is 2.30. The van der Waals surface area contributed by atoms with Gasteiger partial charge in [0, 0.05) is 6.42 Å². The third-order valence-corrected chi connectivity index (χ3v) is 3.55. The number of amidine groups is 1. The molecule has 0 radical (unpaired) electrons. The largest absolute Gasteiger partial charge is 0.486 e. The molecule has 0 spiro atoms. The molecule has 4 nitrogen and oxygen atoms in total. The monoisotopic (exact) mass is 261 g/mol. The van der Waals surface area contributed by atoms with Crippen LogP contribution in [0.3, 0.4) is 0 Å². The minimum absolute atomic E-state index is 0.0763. The molecule has 0 fully saturated rings. The van der Waals surface area contributed by atoms with Crippen molar-refractivity contribution in [3.8, 4) is 11.5 Å². The summed E-state index contributed by atoms with van der Waals surface area (Å²) in [5.41, 5.74) is 0. The number of ether oxygens (including phenoxy) is 2. The molecule has 2 heterocycles. The normalized spacial score (nSPS) is 22.3. The van der Waals surface area contributed by atoms with Crippen LogP contribution in [0.4, 0.5) is 0 Å². The Kier molecular flexibility index (Phi) is 3.86. The van der Waals surface area contributed by atoms with Crippen molar-refractivity contribution in [2.75, 3.05) is 19.7 Å². The number of rotatable bonds is 2. The summed E-state index contributed by atoms with van der Waals surface area (Å²) in [7, 11) is 0. The number of hydrogen-bond acceptors (Lipinski definition) is 3. The summed E-state index contributed by atoms with van der Waals surface area (Å²) in [4.78, 5) is 3.45. The highest BCUT2D eigenvalue weighted by Gasteiger charge is 2.22. The maximum Gasteiger partial charge on any atom is 0.242 e. The minimum atomic E-state index is 0.0763. The lowest BCUT2D eigenvalue weighted by atomic mass is 10.2. The van der Waals surface area contributed by atoms with Crippen LogP contribution in [0.5, 0.6) is 11.5 Å². The minimum Gasteiger partial charge on any atom is -0.486 e. The molecule has 1 aromatic carbocycles. The van der Waals surface area contributed by atoms with Crippen molar-refractivity contribution in [2.45, 2.75) is 31.8 Å². The third-order valence-electron chi connectivity index (χ3n) is 3.55. The van der Waals surface area contributed by atoms with Gasteiger partial charge in [0.15, 0.2) is 17.6 Å². The van der Waals surface area contributed by atoms with Gasteiger partial charge in [0.2, 0.25) is 5.84 Å². The van der Waals surface area contributed by atoms with Gasteiger partial charge in [0.1, 0.15) is 13.2 Å². The third kappa shape index (κ3) is 3.19. The molecule has 19 heavy (non-hydrogen) atoms. The molecule has 0 saturated heterocycles. The molecule has 2 aliphatic heterocycles. The molecule has 0 bridgehead atoms. The molecule has 2 aliphatic rings. The second kappa shape index (κ2) is 5.95. The molecule has 0 aliphatic carbocycles. The number of nitrogens with one attached hydrogen (secondary N) is 2. The van der Waals surface area contributed by atoms with Gasteiger partial charge in [-0.15, -0.1) is 0 Å². The first-order chi connectivity index (χ1) is 9.42. The van der Waals surface area contributed by atoms with E-state index in [4.69, 9.17) is 9.47 Å². The molecule has 1 aromatic rings. The van der Waals surface area contributed by atoms with Crippen LogP contribution >= 0.6 is 0 Å². The number of hydrogen-bond donors (Lipinski definition) is 2. The second-order valence-corrected chi connectivity index (χ2v) is 5.09. The van der Waals surface area contributed by atoms with Gasteiger partial charge in [-0.2, -0.15) is 0 Å². The van der Waals surface area contributed by atoms with Crippen LogP contribution in [0, 0.1) is 0 Å². The van der Waals surface area contributed by atoms with Crippen LogP contribution in [-0.2, 0) is 0 Å². The van der Waals surface area contributed by atoms with Gasteiger partial charge in [-0.1, -0.05) is 12.1 Å². The Morgan fingerprint density at radius 2 is 2.05 bits per heavy atom. The molecule has 0 unspecified atom stereocenters. The lowest BCUT2D eigenvalue weighted by Gasteiger charge is -2.25. The molecule has 0 saturated carbocycles. The molecule has 102 valence electrons. The summed E-state index contributed by atoms with van der Waals surface area (Å²) >= 11 is 0. The smallest absolute Gasteiger partial charge is 0.242 e. The van der Waals surface area contributed by atoms with Gasteiger partial charge in [0.25, 0.3) is 0 Å². The fraction of sp³-hybridized carbons (Fsp3) is 0.533. The van der Waals surface area contributed by atoms with Crippen LogP contribution in [0.2, 0.25) is 0 Å². The lowest BCUT2D eigenvalue weighted by Crippen LogP contribution is -2.76. The number of benzene rings is 1. The van der Waals surface area contributed by atoms with Crippen LogP contribution in [-0.4, -0.2) is 31.6 Å². The van der Waals surface area contributed by atoms with Gasteiger partial charge in [0.05, 0.1) is 6.54 Å². The van der Waals surface area contributed by atoms with E-state index < -0.39 is 0 Å². The zero-order chi connectivity index (χ0) is 12.9. The molecule has 2 N–H and O–H groups in total. The van der Waals surface area contributed by atoms with E-state index >= 15 is 0 Å². The highest BCUT2D eigenvalue weighted by molar-refractivity contribution is 5.76. The fourth-order valence-corrected chi connectivity index (χ4v) is 2.48. The van der Waals surface area contributed by atoms with Gasteiger partial charge >= 0.3 is 0 Å². The summed E-state index contributed by atoms with van der Waals surface area (Å²) < 4.78 is 11.6. The zero-order valence-electron chi connectivity index (χ0n) is 11.2. The molecule has 0 amide bonds. The van der Waals surface area contributed by atoms with E-state index in [2.05, 4.69) is 10.3 Å². The summed E-state index contributed by atoms with van der Waals surface area (Å²) in [6.07, 6.45) is 5.04. The average Bonchev–Trinajstić information content (AvgIpc) is 2.73. The Balaban J connectivity index is 1.53. The van der Waals surface area contributed by atoms with Crippen LogP contribution in [0.1, 0.15) is 25.7 Å². The van der Waals surface area contributed by atoms with Crippen molar-refractivity contribution in [3.05, 3.63) is 24.3 Å². The van der Waals surface area contributed by atoms with Gasteiger partial charge in [-0.25, -0.2) is 0 Å². The van der Waals surface area contributed by atoms with Gasteiger partial charge in [-0.3, -0.25) is 10.3 Å². The van der Waals surface area contributed by atoms with Crippen LogP contribution in [0.15, 0.2) is 24.3 Å². The highest BCUT2D eigenvalue weighted by atomic mass is 16.6. The van der Waals surface area contributed by atoms with Crippen molar-refractivity contribution in [3.63, 3.8) is 0 Å². The van der Waals surface area contributed by atoms with E-state index in [1.54, 1.807) is 0 Å². The van der Waals surface area contributed by atoms with Crippen molar-refractivity contribution < 1.29 is 14.5 Å². The maximum atomic E-state index is 5.93. The standard InChI is InChI=1S/C15H20N2O2/c1-2-8-15(16-9-5-1)17-10-12-11-18-13-6-3-4-7-14(13)19-12/h3-4,6-7,12H,1-2,5,8-11H2,(H,16,17)/p+1/t12-/m1/s1. The lowest BCUT2D eigenvalue weighted by molar-refractivity contribution is -0.459. The molecule has 1 atom stereocenters. The molecule has 3 rings (SSSR count). The van der Waals surface area contributed by atoms with Crippen molar-refractivity contribution >= 4 is 5.84 Å². The Labute approximate surface area is 113 Å². The van der Waals surface area contributed by atoms with Gasteiger partial charge in [-0.05, 0) is 31.4 Å². The summed E-state index contributed by atoms with van der Waals surface area (Å²) in [5.74, 6) is 2.94. The quantitative estimate of drug-likeness (QED) is 0.813. The van der Waals surface area contributed by atoms with Gasteiger partial charge < -0.3 is 9.47 Å². The molecule has 4 heteroatoms. The zero-order valence-corrected chi connectivity index (χ0v) is 11.2. The van der Waals surface area contributed by atoms with Crippen LogP contribution in [0.25, 0.3) is 0 Å². The Hall–Kier alpha value is -1.71. The number of fused-ring (bicyclic) bond motifs is 1.